The number of nitrogens with zero attached hydrogens (tertiary/aromatic N) is 3. The number of fused-ring (bicyclic) bond motifs is 3. The number of thioether (sulfide) groups is 1. The van der Waals surface area contributed by atoms with Crippen LogP contribution in [0.15, 0.2) is 94.7 Å². The highest BCUT2D eigenvalue weighted by Gasteiger charge is 2.48. The minimum absolute atomic E-state index is 0.101. The van der Waals surface area contributed by atoms with Crippen LogP contribution in [0.1, 0.15) is 40.1 Å². The summed E-state index contributed by atoms with van der Waals surface area (Å²) in [5.41, 5.74) is 0.792. The first-order valence-electron chi connectivity index (χ1n) is 13.4. The molecule has 3 aromatic carbocycles. The summed E-state index contributed by atoms with van der Waals surface area (Å²) < 4.78 is 54.2. The monoisotopic (exact) mass is 641 g/mol. The van der Waals surface area contributed by atoms with Gasteiger partial charge in [0.25, 0.3) is 5.91 Å². The number of benzene rings is 3. The second kappa shape index (κ2) is 11.6. The lowest BCUT2D eigenvalue weighted by Crippen LogP contribution is -2.60. The quantitative estimate of drug-likeness (QED) is 0.180. The van der Waals surface area contributed by atoms with Gasteiger partial charge >= 0.3 is 12.3 Å². The van der Waals surface area contributed by atoms with Crippen LogP contribution in [-0.4, -0.2) is 40.5 Å². The fourth-order valence-corrected chi connectivity index (χ4v) is 6.74. The Bertz CT molecular complexity index is 1820. The maximum Gasteiger partial charge on any atom is 0.519 e. The first-order valence-corrected chi connectivity index (χ1v) is 14.7. The summed E-state index contributed by atoms with van der Waals surface area (Å²) in [7, 11) is 0. The lowest BCUT2D eigenvalue weighted by molar-refractivity contribution is -0.173. The lowest BCUT2D eigenvalue weighted by atomic mass is 9.94. The third-order valence-electron chi connectivity index (χ3n) is 7.48. The Balaban J connectivity index is 1.55. The van der Waals surface area contributed by atoms with Gasteiger partial charge < -0.3 is 14.4 Å². The number of ether oxygens (including phenoxy) is 2. The van der Waals surface area contributed by atoms with Crippen molar-refractivity contribution in [1.29, 1.82) is 0 Å². The van der Waals surface area contributed by atoms with E-state index in [1.165, 1.54) is 39.8 Å². The number of para-hydroxylation sites is 1. The van der Waals surface area contributed by atoms with Gasteiger partial charge in [-0.3, -0.25) is 19.3 Å². The van der Waals surface area contributed by atoms with Crippen molar-refractivity contribution in [3.63, 3.8) is 0 Å². The molecule has 1 aromatic heterocycles. The molecule has 1 amide bonds. The van der Waals surface area contributed by atoms with Gasteiger partial charge in [-0.1, -0.05) is 60.1 Å². The number of amides is 1. The molecule has 0 saturated heterocycles. The highest BCUT2D eigenvalue weighted by molar-refractivity contribution is 7.98. The van der Waals surface area contributed by atoms with Crippen LogP contribution in [0, 0.1) is 0 Å². The molecule has 0 bridgehead atoms. The normalized spacial score (nSPS) is 16.8. The number of alkyl halides is 3. The Labute approximate surface area is 258 Å². The fraction of sp³-hybridized carbons (Fsp3) is 0.194. The Morgan fingerprint density at radius 2 is 1.66 bits per heavy atom. The predicted molar refractivity (Wildman–Crippen MR) is 158 cm³/mol. The molecular weight excluding hydrogens is 619 g/mol. The Morgan fingerprint density at radius 3 is 2.41 bits per heavy atom. The molecule has 0 unspecified atom stereocenters. The van der Waals surface area contributed by atoms with E-state index in [0.717, 1.165) is 29.0 Å². The van der Waals surface area contributed by atoms with E-state index in [-0.39, 0.29) is 5.75 Å². The van der Waals surface area contributed by atoms with Crippen molar-refractivity contribution in [1.82, 2.24) is 9.58 Å². The summed E-state index contributed by atoms with van der Waals surface area (Å²) in [6, 6.07) is 18.7. The van der Waals surface area contributed by atoms with Crippen molar-refractivity contribution in [3.8, 4) is 11.5 Å². The Kier molecular flexibility index (Phi) is 7.80. The van der Waals surface area contributed by atoms with Crippen molar-refractivity contribution in [3.05, 3.63) is 123 Å². The molecule has 3 heterocycles. The van der Waals surface area contributed by atoms with Crippen LogP contribution < -0.4 is 19.9 Å². The van der Waals surface area contributed by atoms with Gasteiger partial charge in [-0.05, 0) is 47.9 Å². The second-order valence-corrected chi connectivity index (χ2v) is 11.5. The van der Waals surface area contributed by atoms with E-state index < -0.39 is 53.9 Å². The number of carbonyl (C=O) groups excluding carboxylic acids is 2. The molecule has 2 atom stereocenters. The first kappa shape index (κ1) is 29.6. The smallest absolute Gasteiger partial charge is 0.395 e. The third-order valence-corrected chi connectivity index (χ3v) is 8.95. The third kappa shape index (κ3) is 5.39. The number of carbonyl (C=O) groups is 2. The van der Waals surface area contributed by atoms with E-state index in [1.807, 2.05) is 30.3 Å². The molecule has 0 radical (unpaired) electrons. The lowest BCUT2D eigenvalue weighted by Gasteiger charge is -2.46. The molecule has 0 fully saturated rings. The van der Waals surface area contributed by atoms with Crippen molar-refractivity contribution < 1.29 is 32.2 Å². The maximum atomic E-state index is 14.2. The molecule has 44 heavy (non-hydrogen) atoms. The number of aromatic nitrogens is 1. The average Bonchev–Trinajstić information content (AvgIpc) is 3.16. The highest BCUT2D eigenvalue weighted by atomic mass is 35.5. The Morgan fingerprint density at radius 1 is 0.955 bits per heavy atom. The van der Waals surface area contributed by atoms with Crippen molar-refractivity contribution in [2.75, 3.05) is 11.7 Å². The highest BCUT2D eigenvalue weighted by Crippen LogP contribution is 2.45. The number of pyridine rings is 1. The molecule has 0 aliphatic carbocycles. The summed E-state index contributed by atoms with van der Waals surface area (Å²) in [6.45, 7) is 0.345. The minimum Gasteiger partial charge on any atom is -0.395 e. The summed E-state index contributed by atoms with van der Waals surface area (Å²) in [5, 5.41) is 2.02. The molecule has 226 valence electrons. The summed E-state index contributed by atoms with van der Waals surface area (Å²) in [5.74, 6) is -1.31. The molecule has 0 spiro atoms. The van der Waals surface area contributed by atoms with Crippen molar-refractivity contribution >= 4 is 35.4 Å². The van der Waals surface area contributed by atoms with Gasteiger partial charge in [-0.25, -0.2) is 4.79 Å². The molecule has 0 N–H and O–H groups in total. The average molecular weight is 642 g/mol. The molecule has 8 nitrogen and oxygen atoms in total. The number of halogens is 4. The van der Waals surface area contributed by atoms with Gasteiger partial charge in [-0.2, -0.15) is 13.2 Å². The molecule has 0 saturated carbocycles. The molecule has 2 aliphatic heterocycles. The van der Waals surface area contributed by atoms with Gasteiger partial charge in [0, 0.05) is 27.9 Å². The van der Waals surface area contributed by atoms with E-state index in [2.05, 4.69) is 0 Å². The largest absolute Gasteiger partial charge is 0.519 e. The zero-order valence-electron chi connectivity index (χ0n) is 23.0. The first-order chi connectivity index (χ1) is 21.0. The van der Waals surface area contributed by atoms with Gasteiger partial charge in [0.1, 0.15) is 18.5 Å². The minimum atomic E-state index is -4.80. The van der Waals surface area contributed by atoms with Gasteiger partial charge in [0.2, 0.25) is 11.2 Å². The SMILES string of the molecule is C[C@@H](N1CN([C@@H]2c3ccccc3SCc3c(Cl)cccc32)n2ccc(=O)c(OC(=O)Oc3ccccc3)c2C1=O)C(F)(F)F. The van der Waals surface area contributed by atoms with Crippen molar-refractivity contribution in [2.45, 2.75) is 35.8 Å². The van der Waals surface area contributed by atoms with Gasteiger partial charge in [0.05, 0.1) is 6.04 Å². The number of hydrogen-bond acceptors (Lipinski definition) is 7. The van der Waals surface area contributed by atoms with Crippen LogP contribution in [0.5, 0.6) is 11.5 Å². The zero-order chi connectivity index (χ0) is 31.2. The molecule has 13 heteroatoms. The predicted octanol–water partition coefficient (Wildman–Crippen LogP) is 6.78. The topological polar surface area (TPSA) is 81.1 Å². The summed E-state index contributed by atoms with van der Waals surface area (Å²) >= 11 is 8.15. The summed E-state index contributed by atoms with van der Waals surface area (Å²) in [4.78, 5) is 41.2. The molecule has 4 aromatic rings. The van der Waals surface area contributed by atoms with E-state index in [4.69, 9.17) is 21.1 Å². The van der Waals surface area contributed by atoms with E-state index >= 15 is 0 Å². The van der Waals surface area contributed by atoms with Gasteiger partial charge in [-0.15, -0.1) is 11.8 Å². The van der Waals surface area contributed by atoms with Crippen LogP contribution >= 0.6 is 23.4 Å². The number of rotatable bonds is 4. The van der Waals surface area contributed by atoms with E-state index in [9.17, 15) is 27.6 Å². The number of hydrogen-bond donors (Lipinski definition) is 0. The molecular formula is C31H23ClF3N3O5S. The standard InChI is InChI=1S/C31H23ClF3N3O5S/c1-18(31(33,34)35)36-17-38(26-20-11-7-12-23(32)22(20)16-44-25-13-6-5-10-21(25)26)37-15-14-24(39)28(27(37)29(36)40)43-30(41)42-19-8-3-2-4-9-19/h2-15,18,26H,16-17H2,1H3/t18-,26+/m1/s1. The van der Waals surface area contributed by atoms with E-state index in [0.29, 0.717) is 21.2 Å². The van der Waals surface area contributed by atoms with E-state index in [1.54, 1.807) is 30.3 Å². The van der Waals surface area contributed by atoms with Crippen LogP contribution in [-0.2, 0) is 5.75 Å². The zero-order valence-corrected chi connectivity index (χ0v) is 24.5. The Hall–Kier alpha value is -4.42. The maximum absolute atomic E-state index is 14.2. The fourth-order valence-electron chi connectivity index (χ4n) is 5.27. The van der Waals surface area contributed by atoms with Crippen LogP contribution in [0.2, 0.25) is 5.02 Å². The van der Waals surface area contributed by atoms with Crippen molar-refractivity contribution in [2.24, 2.45) is 0 Å². The molecule has 2 aliphatic rings. The van der Waals surface area contributed by atoms with Gasteiger partial charge in [0.15, 0.2) is 5.69 Å². The second-order valence-electron chi connectivity index (χ2n) is 10.1. The van der Waals surface area contributed by atoms with Crippen LogP contribution in [0.4, 0.5) is 18.0 Å². The van der Waals surface area contributed by atoms with Crippen LogP contribution in [0.3, 0.4) is 0 Å². The summed E-state index contributed by atoms with van der Waals surface area (Å²) in [6.07, 6.45) is -4.86. The molecule has 6 rings (SSSR count). The van der Waals surface area contributed by atoms with Crippen LogP contribution in [0.25, 0.3) is 0 Å².